The number of nitrogens with zero attached hydrogens (tertiary/aromatic N) is 2. The van der Waals surface area contributed by atoms with Crippen LogP contribution < -0.4 is 0 Å². The number of fused-ring (bicyclic) bond motifs is 3. The molecule has 0 saturated carbocycles. The van der Waals surface area contributed by atoms with Gasteiger partial charge in [-0.3, -0.25) is 9.80 Å². The minimum atomic E-state index is -0.154. The molecule has 2 heterocycles. The zero-order chi connectivity index (χ0) is 16.0. The van der Waals surface area contributed by atoms with Gasteiger partial charge in [0.1, 0.15) is 5.82 Å². The first-order valence-electron chi connectivity index (χ1n) is 8.11. The number of rotatable bonds is 2. The summed E-state index contributed by atoms with van der Waals surface area (Å²) in [6, 6.07) is 15.1. The first-order chi connectivity index (χ1) is 11.1. The van der Waals surface area contributed by atoms with Gasteiger partial charge in [0, 0.05) is 38.3 Å². The highest BCUT2D eigenvalue weighted by molar-refractivity contribution is 9.10. The van der Waals surface area contributed by atoms with Crippen LogP contribution in [0.15, 0.2) is 46.9 Å². The van der Waals surface area contributed by atoms with Crippen molar-refractivity contribution in [3.63, 3.8) is 0 Å². The lowest BCUT2D eigenvalue weighted by atomic mass is 10.0. The molecule has 2 aromatic rings. The van der Waals surface area contributed by atoms with Gasteiger partial charge in [0.25, 0.3) is 0 Å². The molecule has 0 aromatic heterocycles. The van der Waals surface area contributed by atoms with Gasteiger partial charge in [0.05, 0.1) is 4.47 Å². The highest BCUT2D eigenvalue weighted by Gasteiger charge is 2.39. The van der Waals surface area contributed by atoms with Crippen LogP contribution in [0.4, 0.5) is 4.39 Å². The lowest BCUT2D eigenvalue weighted by molar-refractivity contribution is 0.0338. The van der Waals surface area contributed by atoms with Gasteiger partial charge in [0.2, 0.25) is 0 Å². The normalized spacial score (nSPS) is 24.5. The molecule has 1 saturated heterocycles. The van der Waals surface area contributed by atoms with Crippen LogP contribution in [0, 0.1) is 5.82 Å². The third-order valence-corrected chi connectivity index (χ3v) is 5.67. The van der Waals surface area contributed by atoms with Crippen molar-refractivity contribution in [3.05, 3.63) is 69.4 Å². The molecule has 0 radical (unpaired) electrons. The minimum absolute atomic E-state index is 0.154. The van der Waals surface area contributed by atoms with Crippen LogP contribution in [0.2, 0.25) is 0 Å². The fourth-order valence-electron chi connectivity index (χ4n) is 3.97. The Morgan fingerprint density at radius 1 is 1.17 bits per heavy atom. The molecule has 1 fully saturated rings. The fourth-order valence-corrected chi connectivity index (χ4v) is 4.36. The molecule has 2 nitrogen and oxygen atoms in total. The zero-order valence-electron chi connectivity index (χ0n) is 13.2. The van der Waals surface area contributed by atoms with E-state index in [1.165, 1.54) is 11.1 Å². The second-order valence-electron chi connectivity index (χ2n) is 6.68. The van der Waals surface area contributed by atoms with Crippen molar-refractivity contribution in [3.8, 4) is 0 Å². The maximum Gasteiger partial charge on any atom is 0.137 e. The van der Waals surface area contributed by atoms with Gasteiger partial charge in [-0.2, -0.15) is 0 Å². The van der Waals surface area contributed by atoms with Crippen LogP contribution in [0.25, 0.3) is 0 Å². The van der Waals surface area contributed by atoms with E-state index in [1.807, 2.05) is 6.07 Å². The molecule has 4 rings (SSSR count). The van der Waals surface area contributed by atoms with Gasteiger partial charge in [-0.05, 0) is 51.7 Å². The Morgan fingerprint density at radius 3 is 2.74 bits per heavy atom. The van der Waals surface area contributed by atoms with Gasteiger partial charge in [-0.25, -0.2) is 4.39 Å². The minimum Gasteiger partial charge on any atom is -0.296 e. The molecule has 0 bridgehead atoms. The Balaban J connectivity index is 1.59. The maximum absolute atomic E-state index is 14.0. The summed E-state index contributed by atoms with van der Waals surface area (Å²) in [5, 5.41) is 0. The van der Waals surface area contributed by atoms with E-state index in [0.29, 0.717) is 16.6 Å². The van der Waals surface area contributed by atoms with E-state index in [9.17, 15) is 4.39 Å². The van der Waals surface area contributed by atoms with Gasteiger partial charge in [0.15, 0.2) is 0 Å². The monoisotopic (exact) mass is 374 g/mol. The first-order valence-corrected chi connectivity index (χ1v) is 8.91. The summed E-state index contributed by atoms with van der Waals surface area (Å²) in [6.07, 6.45) is 0. The molecular formula is C19H20BrFN2. The van der Waals surface area contributed by atoms with Crippen molar-refractivity contribution < 1.29 is 4.39 Å². The van der Waals surface area contributed by atoms with Crippen LogP contribution in [0.5, 0.6) is 0 Å². The van der Waals surface area contributed by atoms with E-state index in [1.54, 1.807) is 6.07 Å². The molecule has 0 unspecified atom stereocenters. The van der Waals surface area contributed by atoms with Crippen molar-refractivity contribution in [1.29, 1.82) is 0 Å². The average Bonchev–Trinajstić information content (AvgIpc) is 2.87. The molecule has 4 heteroatoms. The van der Waals surface area contributed by atoms with Gasteiger partial charge >= 0.3 is 0 Å². The topological polar surface area (TPSA) is 6.48 Å². The van der Waals surface area contributed by atoms with E-state index in [0.717, 1.165) is 31.7 Å². The summed E-state index contributed by atoms with van der Waals surface area (Å²) in [5.74, 6) is -0.154. The SMILES string of the molecule is C[C@@H]1CN(Cc2ccccc2)C[C@@H]2c3cc(F)c(Br)cc3CN12. The summed E-state index contributed by atoms with van der Waals surface area (Å²) in [7, 11) is 0. The molecule has 0 N–H and O–H groups in total. The van der Waals surface area contributed by atoms with Crippen LogP contribution in [-0.4, -0.2) is 28.9 Å². The van der Waals surface area contributed by atoms with Crippen LogP contribution in [0.3, 0.4) is 0 Å². The molecule has 2 aliphatic rings. The Hall–Kier alpha value is -1.23. The molecule has 2 aliphatic heterocycles. The van der Waals surface area contributed by atoms with Crippen molar-refractivity contribution in [2.75, 3.05) is 13.1 Å². The largest absolute Gasteiger partial charge is 0.296 e. The van der Waals surface area contributed by atoms with E-state index in [2.05, 4.69) is 63.0 Å². The standard InChI is InChI=1S/C19H20BrFN2/c1-13-9-22(10-14-5-3-2-4-6-14)12-19-16-8-18(21)17(20)7-15(16)11-23(13)19/h2-8,13,19H,9-12H2,1H3/t13-,19-/m1/s1. The number of benzene rings is 2. The van der Waals surface area contributed by atoms with Gasteiger partial charge in [-0.1, -0.05) is 30.3 Å². The molecule has 23 heavy (non-hydrogen) atoms. The summed E-state index contributed by atoms with van der Waals surface area (Å²) in [6.45, 7) is 6.20. The molecular weight excluding hydrogens is 355 g/mol. The van der Waals surface area contributed by atoms with E-state index in [-0.39, 0.29) is 5.82 Å². The third kappa shape index (κ3) is 2.84. The number of halogens is 2. The quantitative estimate of drug-likeness (QED) is 0.770. The van der Waals surface area contributed by atoms with Crippen LogP contribution >= 0.6 is 15.9 Å². The lowest BCUT2D eigenvalue weighted by Crippen LogP contribution is -2.50. The predicted molar refractivity (Wildman–Crippen MR) is 93.6 cm³/mol. The van der Waals surface area contributed by atoms with Crippen molar-refractivity contribution >= 4 is 15.9 Å². The second-order valence-corrected chi connectivity index (χ2v) is 7.54. The Bertz CT molecular complexity index is 719. The molecule has 2 atom stereocenters. The number of hydrogen-bond donors (Lipinski definition) is 0. The van der Waals surface area contributed by atoms with E-state index in [4.69, 9.17) is 0 Å². The zero-order valence-corrected chi connectivity index (χ0v) is 14.8. The Labute approximate surface area is 145 Å². The van der Waals surface area contributed by atoms with Crippen molar-refractivity contribution in [2.24, 2.45) is 0 Å². The number of hydrogen-bond acceptors (Lipinski definition) is 2. The van der Waals surface area contributed by atoms with E-state index >= 15 is 0 Å². The molecule has 0 spiro atoms. The Kier molecular flexibility index (Phi) is 4.00. The fraction of sp³-hybridized carbons (Fsp3) is 0.368. The van der Waals surface area contributed by atoms with Crippen molar-refractivity contribution in [1.82, 2.24) is 9.80 Å². The highest BCUT2D eigenvalue weighted by Crippen LogP contribution is 2.40. The van der Waals surface area contributed by atoms with Crippen LogP contribution in [-0.2, 0) is 13.1 Å². The third-order valence-electron chi connectivity index (χ3n) is 5.06. The molecule has 2 aromatic carbocycles. The summed E-state index contributed by atoms with van der Waals surface area (Å²) in [4.78, 5) is 5.01. The van der Waals surface area contributed by atoms with E-state index < -0.39 is 0 Å². The summed E-state index contributed by atoms with van der Waals surface area (Å²) >= 11 is 3.32. The summed E-state index contributed by atoms with van der Waals surface area (Å²) in [5.41, 5.74) is 3.76. The maximum atomic E-state index is 14.0. The van der Waals surface area contributed by atoms with Crippen molar-refractivity contribution in [2.45, 2.75) is 32.1 Å². The highest BCUT2D eigenvalue weighted by atomic mass is 79.9. The number of piperazine rings is 1. The first kappa shape index (κ1) is 15.3. The van der Waals surface area contributed by atoms with Gasteiger partial charge in [-0.15, -0.1) is 0 Å². The van der Waals surface area contributed by atoms with Gasteiger partial charge < -0.3 is 0 Å². The predicted octanol–water partition coefficient (Wildman–Crippen LogP) is 4.35. The molecule has 120 valence electrons. The molecule has 0 amide bonds. The smallest absolute Gasteiger partial charge is 0.137 e. The van der Waals surface area contributed by atoms with Crippen LogP contribution in [0.1, 0.15) is 29.7 Å². The second kappa shape index (κ2) is 6.00. The average molecular weight is 375 g/mol. The summed E-state index contributed by atoms with van der Waals surface area (Å²) < 4.78 is 14.6. The Morgan fingerprint density at radius 2 is 1.96 bits per heavy atom. The molecule has 0 aliphatic carbocycles. The lowest BCUT2D eigenvalue weighted by Gasteiger charge is -2.42.